The van der Waals surface area contributed by atoms with Gasteiger partial charge in [-0.15, -0.1) is 0 Å². The van der Waals surface area contributed by atoms with E-state index in [4.69, 9.17) is 5.11 Å². The standard InChI is InChI=1S/C7H12NO3/c1-7(2,3)5(6(10)11)8-4-9/h5H,1-3H3,(H,8,9)(H,10,11). The van der Waals surface area contributed by atoms with Crippen LogP contribution in [0.25, 0.3) is 0 Å². The molecule has 0 aliphatic carbocycles. The van der Waals surface area contributed by atoms with Gasteiger partial charge in [0, 0.05) is 0 Å². The molecule has 0 saturated carbocycles. The Kier molecular flexibility index (Phi) is 3.04. The molecule has 0 aliphatic heterocycles. The van der Waals surface area contributed by atoms with Crippen LogP contribution in [0, 0.1) is 5.41 Å². The van der Waals surface area contributed by atoms with Gasteiger partial charge in [0.15, 0.2) is 0 Å². The predicted octanol–water partition coefficient (Wildman–Crippen LogP) is 0.143. The van der Waals surface area contributed by atoms with Crippen LogP contribution < -0.4 is 5.32 Å². The fourth-order valence-corrected chi connectivity index (χ4v) is 0.708. The van der Waals surface area contributed by atoms with Crippen molar-refractivity contribution < 1.29 is 14.7 Å². The summed E-state index contributed by atoms with van der Waals surface area (Å²) in [6.45, 7) is 5.20. The summed E-state index contributed by atoms with van der Waals surface area (Å²) in [5, 5.41) is 10.7. The van der Waals surface area contributed by atoms with Gasteiger partial charge in [0.05, 0.1) is 0 Å². The number of nitrogens with one attached hydrogen (secondary N) is 1. The van der Waals surface area contributed by atoms with Crippen LogP contribution in [0.4, 0.5) is 0 Å². The molecule has 1 radical (unpaired) electrons. The molecule has 0 aromatic rings. The van der Waals surface area contributed by atoms with Gasteiger partial charge in [0.25, 0.3) is 0 Å². The third-order valence-corrected chi connectivity index (χ3v) is 1.32. The number of carboxylic acids is 1. The summed E-state index contributed by atoms with van der Waals surface area (Å²) in [6.07, 6.45) is 1.37. The maximum atomic E-state index is 10.5. The molecule has 0 aromatic carbocycles. The lowest BCUT2D eigenvalue weighted by Crippen LogP contribution is -2.45. The van der Waals surface area contributed by atoms with Crippen LogP contribution in [0.5, 0.6) is 0 Å². The Labute approximate surface area is 65.6 Å². The lowest BCUT2D eigenvalue weighted by atomic mass is 9.87. The fraction of sp³-hybridized carbons (Fsp3) is 0.714. The molecule has 11 heavy (non-hydrogen) atoms. The molecule has 1 unspecified atom stereocenters. The molecular formula is C7H12NO3. The van der Waals surface area contributed by atoms with Gasteiger partial charge in [-0.1, -0.05) is 20.8 Å². The molecule has 0 rings (SSSR count). The van der Waals surface area contributed by atoms with E-state index in [1.807, 2.05) is 0 Å². The van der Waals surface area contributed by atoms with E-state index in [0.717, 1.165) is 0 Å². The maximum Gasteiger partial charge on any atom is 0.326 e. The monoisotopic (exact) mass is 158 g/mol. The van der Waals surface area contributed by atoms with Crippen LogP contribution in [0.2, 0.25) is 0 Å². The van der Waals surface area contributed by atoms with Gasteiger partial charge in [-0.25, -0.2) is 4.79 Å². The molecule has 1 amide bonds. The molecule has 0 fully saturated rings. The van der Waals surface area contributed by atoms with Crippen molar-refractivity contribution in [2.75, 3.05) is 0 Å². The van der Waals surface area contributed by atoms with Gasteiger partial charge < -0.3 is 10.4 Å². The number of hydrogen-bond acceptors (Lipinski definition) is 2. The van der Waals surface area contributed by atoms with Crippen molar-refractivity contribution in [1.82, 2.24) is 5.32 Å². The lowest BCUT2D eigenvalue weighted by molar-refractivity contribution is -0.141. The second-order valence-corrected chi connectivity index (χ2v) is 3.38. The van der Waals surface area contributed by atoms with Gasteiger partial charge in [-0.2, -0.15) is 0 Å². The van der Waals surface area contributed by atoms with Gasteiger partial charge >= 0.3 is 12.4 Å². The minimum absolute atomic E-state index is 0.483. The number of carbonyl (C=O) groups excluding carboxylic acids is 1. The third-order valence-electron chi connectivity index (χ3n) is 1.32. The number of hydrogen-bond donors (Lipinski definition) is 2. The number of rotatable bonds is 3. The normalized spacial score (nSPS) is 13.7. The molecule has 63 valence electrons. The minimum Gasteiger partial charge on any atom is -0.480 e. The molecule has 0 aliphatic rings. The van der Waals surface area contributed by atoms with E-state index in [1.165, 1.54) is 6.41 Å². The topological polar surface area (TPSA) is 66.4 Å². The highest BCUT2D eigenvalue weighted by Gasteiger charge is 2.30. The molecule has 0 spiro atoms. The Morgan fingerprint density at radius 1 is 1.55 bits per heavy atom. The number of aliphatic carboxylic acids is 1. The Morgan fingerprint density at radius 3 is 2.09 bits per heavy atom. The van der Waals surface area contributed by atoms with Crippen molar-refractivity contribution in [2.45, 2.75) is 26.8 Å². The quantitative estimate of drug-likeness (QED) is 0.574. The van der Waals surface area contributed by atoms with Crippen LogP contribution in [-0.4, -0.2) is 23.5 Å². The zero-order valence-corrected chi connectivity index (χ0v) is 6.84. The lowest BCUT2D eigenvalue weighted by Gasteiger charge is -2.25. The van der Waals surface area contributed by atoms with Crippen LogP contribution in [0.1, 0.15) is 20.8 Å². The van der Waals surface area contributed by atoms with Gasteiger partial charge in [-0.05, 0) is 5.41 Å². The van der Waals surface area contributed by atoms with Gasteiger partial charge in [0.1, 0.15) is 6.04 Å². The highest BCUT2D eigenvalue weighted by molar-refractivity contribution is 5.77. The summed E-state index contributed by atoms with van der Waals surface area (Å²) in [4.78, 5) is 20.4. The van der Waals surface area contributed by atoms with Gasteiger partial charge in [-0.3, -0.25) is 4.79 Å². The van der Waals surface area contributed by atoms with E-state index in [1.54, 1.807) is 20.8 Å². The second kappa shape index (κ2) is 3.37. The number of amides is 1. The van der Waals surface area contributed by atoms with Crippen molar-refractivity contribution in [3.63, 3.8) is 0 Å². The Bertz CT molecular complexity index is 160. The summed E-state index contributed by atoms with van der Waals surface area (Å²) in [5.74, 6) is -1.04. The van der Waals surface area contributed by atoms with Crippen LogP contribution in [0.3, 0.4) is 0 Å². The highest BCUT2D eigenvalue weighted by atomic mass is 16.4. The number of carboxylic acid groups (broad SMARTS) is 1. The molecule has 0 saturated heterocycles. The molecule has 4 heteroatoms. The predicted molar refractivity (Wildman–Crippen MR) is 39.7 cm³/mol. The van der Waals surface area contributed by atoms with E-state index in [9.17, 15) is 9.59 Å². The fourth-order valence-electron chi connectivity index (χ4n) is 0.708. The SMILES string of the molecule is CC(C)(C)C(N[C]=O)C(=O)O. The molecule has 1 atom stereocenters. The van der Waals surface area contributed by atoms with Crippen molar-refractivity contribution in [3.8, 4) is 0 Å². The van der Waals surface area contributed by atoms with Gasteiger partial charge in [0.2, 0.25) is 0 Å². The smallest absolute Gasteiger partial charge is 0.326 e. The average molecular weight is 158 g/mol. The summed E-state index contributed by atoms with van der Waals surface area (Å²) >= 11 is 0. The van der Waals surface area contributed by atoms with Crippen molar-refractivity contribution in [1.29, 1.82) is 0 Å². The molecule has 0 heterocycles. The molecule has 2 N–H and O–H groups in total. The van der Waals surface area contributed by atoms with Crippen molar-refractivity contribution in [2.24, 2.45) is 5.41 Å². The van der Waals surface area contributed by atoms with E-state index in [-0.39, 0.29) is 0 Å². The van der Waals surface area contributed by atoms with Crippen LogP contribution in [0.15, 0.2) is 0 Å². The molecule has 4 nitrogen and oxygen atoms in total. The Balaban J connectivity index is 4.34. The van der Waals surface area contributed by atoms with Crippen molar-refractivity contribution in [3.05, 3.63) is 0 Å². The third kappa shape index (κ3) is 3.02. The Morgan fingerprint density at radius 2 is 2.00 bits per heavy atom. The summed E-state index contributed by atoms with van der Waals surface area (Å²) < 4.78 is 0. The Hall–Kier alpha value is -1.06. The first-order valence-electron chi connectivity index (χ1n) is 3.25. The minimum atomic E-state index is -1.04. The largest absolute Gasteiger partial charge is 0.480 e. The van der Waals surface area contributed by atoms with Crippen molar-refractivity contribution >= 4 is 12.4 Å². The second-order valence-electron chi connectivity index (χ2n) is 3.38. The average Bonchev–Trinajstić information content (AvgIpc) is 1.79. The first-order chi connectivity index (χ1) is 4.89. The first kappa shape index (κ1) is 9.94. The summed E-state index contributed by atoms with van der Waals surface area (Å²) in [7, 11) is 0. The van der Waals surface area contributed by atoms with E-state index in [2.05, 4.69) is 5.32 Å². The van der Waals surface area contributed by atoms with Crippen LogP contribution in [-0.2, 0) is 9.59 Å². The summed E-state index contributed by atoms with van der Waals surface area (Å²) in [5.41, 5.74) is -0.483. The van der Waals surface area contributed by atoms with Crippen LogP contribution >= 0.6 is 0 Å². The maximum absolute atomic E-state index is 10.5. The molecular weight excluding hydrogens is 146 g/mol. The summed E-state index contributed by atoms with van der Waals surface area (Å²) in [6, 6.07) is -0.875. The van der Waals surface area contributed by atoms with E-state index >= 15 is 0 Å². The first-order valence-corrected chi connectivity index (χ1v) is 3.25. The highest BCUT2D eigenvalue weighted by Crippen LogP contribution is 2.18. The zero-order chi connectivity index (χ0) is 9.07. The molecule has 0 aromatic heterocycles. The van der Waals surface area contributed by atoms with E-state index < -0.39 is 17.4 Å². The number of carbonyl (C=O) groups is 1. The van der Waals surface area contributed by atoms with E-state index in [0.29, 0.717) is 0 Å². The zero-order valence-electron chi connectivity index (χ0n) is 6.84. The molecule has 0 bridgehead atoms.